The molecule has 3 rings (SSSR count). The predicted molar refractivity (Wildman–Crippen MR) is 92.2 cm³/mol. The summed E-state index contributed by atoms with van der Waals surface area (Å²) in [6.45, 7) is 0. The summed E-state index contributed by atoms with van der Waals surface area (Å²) in [7, 11) is -2.68. The number of ether oxygens (including phenoxy) is 1. The number of aromatic nitrogens is 1. The number of rotatable bonds is 5. The number of nitrogens with zero attached hydrogens (tertiary/aromatic N) is 2. The van der Waals surface area contributed by atoms with Gasteiger partial charge in [0, 0.05) is 17.6 Å². The Bertz CT molecular complexity index is 1060. The van der Waals surface area contributed by atoms with E-state index in [2.05, 4.69) is 9.71 Å². The molecule has 1 N–H and O–H groups in total. The van der Waals surface area contributed by atoms with Gasteiger partial charge in [-0.05, 0) is 24.3 Å². The Hall–Kier alpha value is -3.20. The lowest BCUT2D eigenvalue weighted by atomic mass is 10.2. The summed E-state index contributed by atoms with van der Waals surface area (Å²) < 4.78 is 32.6. The molecule has 128 valence electrons. The van der Waals surface area contributed by atoms with Gasteiger partial charge >= 0.3 is 5.69 Å². The number of hydrogen-bond acceptors (Lipinski definition) is 6. The highest BCUT2D eigenvalue weighted by molar-refractivity contribution is 7.93. The average Bonchev–Trinajstić information content (AvgIpc) is 2.60. The quantitative estimate of drug-likeness (QED) is 0.554. The highest BCUT2D eigenvalue weighted by atomic mass is 32.2. The second-order valence-corrected chi connectivity index (χ2v) is 6.73. The smallest absolute Gasteiger partial charge is 0.312 e. The normalized spacial score (nSPS) is 11.2. The Labute approximate surface area is 143 Å². The number of pyridine rings is 1. The monoisotopic (exact) mass is 359 g/mol. The molecule has 8 nitrogen and oxygen atoms in total. The zero-order valence-corrected chi connectivity index (χ0v) is 13.9. The van der Waals surface area contributed by atoms with Crippen LogP contribution in [0.5, 0.6) is 5.75 Å². The first-order valence-electron chi connectivity index (χ1n) is 7.11. The molecule has 2 aromatic carbocycles. The third kappa shape index (κ3) is 3.22. The first kappa shape index (κ1) is 16.7. The third-order valence-electron chi connectivity index (χ3n) is 3.51. The number of para-hydroxylation sites is 1. The summed E-state index contributed by atoms with van der Waals surface area (Å²) >= 11 is 0. The molecule has 9 heteroatoms. The predicted octanol–water partition coefficient (Wildman–Crippen LogP) is 2.95. The van der Waals surface area contributed by atoms with Gasteiger partial charge in [0.25, 0.3) is 10.0 Å². The van der Waals surface area contributed by atoms with Crippen LogP contribution in [-0.2, 0) is 10.0 Å². The number of nitrogens with one attached hydrogen (secondary N) is 1. The van der Waals surface area contributed by atoms with Crippen LogP contribution in [0.2, 0.25) is 0 Å². The van der Waals surface area contributed by atoms with Crippen LogP contribution < -0.4 is 9.46 Å². The summed E-state index contributed by atoms with van der Waals surface area (Å²) in [6.07, 6.45) is 1.50. The molecule has 25 heavy (non-hydrogen) atoms. The van der Waals surface area contributed by atoms with Gasteiger partial charge < -0.3 is 4.74 Å². The van der Waals surface area contributed by atoms with E-state index in [0.717, 1.165) is 6.07 Å². The van der Waals surface area contributed by atoms with Crippen LogP contribution in [0.3, 0.4) is 0 Å². The molecule has 1 aromatic heterocycles. The standard InChI is InChI=1S/C16H13N3O5S/c1-24-14-8-7-12(10-13(14)19(20)21)18-25(22,23)15-6-2-4-11-5-3-9-17-16(11)15/h2-10,18H,1H3. The Kier molecular flexibility index (Phi) is 4.24. The van der Waals surface area contributed by atoms with E-state index in [0.29, 0.717) is 10.9 Å². The second kappa shape index (κ2) is 6.36. The Morgan fingerprint density at radius 3 is 2.64 bits per heavy atom. The van der Waals surface area contributed by atoms with Gasteiger partial charge in [0.05, 0.1) is 23.2 Å². The minimum Gasteiger partial charge on any atom is -0.490 e. The van der Waals surface area contributed by atoms with E-state index >= 15 is 0 Å². The Morgan fingerprint density at radius 1 is 1.16 bits per heavy atom. The van der Waals surface area contributed by atoms with Crippen molar-refractivity contribution < 1.29 is 18.1 Å². The maximum Gasteiger partial charge on any atom is 0.312 e. The number of fused-ring (bicyclic) bond motifs is 1. The van der Waals surface area contributed by atoms with Crippen molar-refractivity contribution in [1.82, 2.24) is 4.98 Å². The van der Waals surface area contributed by atoms with Crippen LogP contribution >= 0.6 is 0 Å². The van der Waals surface area contributed by atoms with E-state index in [4.69, 9.17) is 4.74 Å². The molecule has 0 radical (unpaired) electrons. The number of sulfonamides is 1. The number of methoxy groups -OCH3 is 1. The molecule has 0 aliphatic carbocycles. The first-order valence-corrected chi connectivity index (χ1v) is 8.60. The minimum absolute atomic E-state index is 0.0101. The SMILES string of the molecule is COc1ccc(NS(=O)(=O)c2cccc3cccnc23)cc1[N+](=O)[O-]. The molecule has 1 heterocycles. The molecule has 0 saturated carbocycles. The fourth-order valence-corrected chi connectivity index (χ4v) is 3.63. The number of nitro benzene ring substituents is 1. The highest BCUT2D eigenvalue weighted by Gasteiger charge is 2.21. The molecule has 0 unspecified atom stereocenters. The number of benzene rings is 2. The molecule has 0 saturated heterocycles. The molecule has 3 aromatic rings. The number of nitro groups is 1. The molecule has 0 bridgehead atoms. The molecular weight excluding hydrogens is 346 g/mol. The highest BCUT2D eigenvalue weighted by Crippen LogP contribution is 2.31. The number of hydrogen-bond donors (Lipinski definition) is 1. The van der Waals surface area contributed by atoms with Crippen molar-refractivity contribution in [1.29, 1.82) is 0 Å². The van der Waals surface area contributed by atoms with Crippen molar-refractivity contribution in [3.05, 3.63) is 64.8 Å². The van der Waals surface area contributed by atoms with Crippen molar-refractivity contribution in [3.63, 3.8) is 0 Å². The van der Waals surface area contributed by atoms with Crippen LogP contribution in [-0.4, -0.2) is 25.4 Å². The van der Waals surface area contributed by atoms with Gasteiger partial charge in [-0.15, -0.1) is 0 Å². The van der Waals surface area contributed by atoms with Crippen LogP contribution in [0.1, 0.15) is 0 Å². The lowest BCUT2D eigenvalue weighted by molar-refractivity contribution is -0.385. The lowest BCUT2D eigenvalue weighted by Gasteiger charge is -2.10. The third-order valence-corrected chi connectivity index (χ3v) is 4.93. The van der Waals surface area contributed by atoms with Crippen molar-refractivity contribution in [2.45, 2.75) is 4.90 Å². The van der Waals surface area contributed by atoms with E-state index in [1.54, 1.807) is 24.3 Å². The fraction of sp³-hybridized carbons (Fsp3) is 0.0625. The van der Waals surface area contributed by atoms with Gasteiger partial charge in [0.15, 0.2) is 5.75 Å². The van der Waals surface area contributed by atoms with Gasteiger partial charge in [-0.2, -0.15) is 0 Å². The zero-order chi connectivity index (χ0) is 18.0. The molecule has 0 aliphatic rings. The second-order valence-electron chi connectivity index (χ2n) is 5.08. The molecule has 0 spiro atoms. The van der Waals surface area contributed by atoms with Gasteiger partial charge in [0.2, 0.25) is 0 Å². The van der Waals surface area contributed by atoms with Crippen LogP contribution in [0.15, 0.2) is 59.6 Å². The topological polar surface area (TPSA) is 111 Å². The zero-order valence-electron chi connectivity index (χ0n) is 13.0. The summed E-state index contributed by atoms with van der Waals surface area (Å²) in [5.41, 5.74) is 0.0414. The van der Waals surface area contributed by atoms with Crippen molar-refractivity contribution in [3.8, 4) is 5.75 Å². The fourth-order valence-electron chi connectivity index (χ4n) is 2.40. The minimum atomic E-state index is -3.98. The van der Waals surface area contributed by atoms with Crippen molar-refractivity contribution in [2.24, 2.45) is 0 Å². The largest absolute Gasteiger partial charge is 0.490 e. The van der Waals surface area contributed by atoms with E-state index in [1.807, 2.05) is 0 Å². The Balaban J connectivity index is 2.05. The van der Waals surface area contributed by atoms with Gasteiger partial charge in [-0.25, -0.2) is 8.42 Å². The molecular formula is C16H13N3O5S. The summed E-state index contributed by atoms with van der Waals surface area (Å²) in [6, 6.07) is 12.1. The van der Waals surface area contributed by atoms with Crippen molar-refractivity contribution in [2.75, 3.05) is 11.8 Å². The maximum atomic E-state index is 12.7. The van der Waals surface area contributed by atoms with E-state index < -0.39 is 14.9 Å². The van der Waals surface area contributed by atoms with Crippen LogP contribution in [0, 0.1) is 10.1 Å². The van der Waals surface area contributed by atoms with Gasteiger partial charge in [0.1, 0.15) is 4.90 Å². The average molecular weight is 359 g/mol. The lowest BCUT2D eigenvalue weighted by Crippen LogP contribution is -2.14. The molecule has 0 amide bonds. The molecule has 0 aliphatic heterocycles. The maximum absolute atomic E-state index is 12.7. The van der Waals surface area contributed by atoms with Crippen molar-refractivity contribution >= 4 is 32.3 Å². The summed E-state index contributed by atoms with van der Waals surface area (Å²) in [4.78, 5) is 14.5. The molecule has 0 atom stereocenters. The van der Waals surface area contributed by atoms with Crippen LogP contribution in [0.4, 0.5) is 11.4 Å². The van der Waals surface area contributed by atoms with Gasteiger partial charge in [-0.1, -0.05) is 18.2 Å². The number of anilines is 1. The van der Waals surface area contributed by atoms with E-state index in [-0.39, 0.29) is 22.0 Å². The first-order chi connectivity index (χ1) is 11.9. The van der Waals surface area contributed by atoms with Crippen LogP contribution in [0.25, 0.3) is 10.9 Å². The van der Waals surface area contributed by atoms with E-state index in [1.165, 1.54) is 31.5 Å². The summed E-state index contributed by atoms with van der Waals surface area (Å²) in [5, 5.41) is 11.8. The summed E-state index contributed by atoms with van der Waals surface area (Å²) in [5.74, 6) is 0.0415. The van der Waals surface area contributed by atoms with Gasteiger partial charge in [-0.3, -0.25) is 19.8 Å². The van der Waals surface area contributed by atoms with E-state index in [9.17, 15) is 18.5 Å². The molecule has 0 fully saturated rings. The Morgan fingerprint density at radius 2 is 1.92 bits per heavy atom.